The summed E-state index contributed by atoms with van der Waals surface area (Å²) in [4.78, 5) is 2.25. The van der Waals surface area contributed by atoms with Crippen LogP contribution >= 0.6 is 0 Å². The zero-order valence-electron chi connectivity index (χ0n) is 11.7. The van der Waals surface area contributed by atoms with Crippen LogP contribution in [-0.4, -0.2) is 61.2 Å². The molecular weight excluding hydrogens is 264 g/mol. The zero-order valence-corrected chi connectivity index (χ0v) is 12.5. The molecule has 0 aromatic heterocycles. The lowest BCUT2D eigenvalue weighted by Crippen LogP contribution is -2.50. The Hall–Kier alpha value is -0.170. The number of hydrogen-bond acceptors (Lipinski definition) is 5. The first-order chi connectivity index (χ1) is 8.86. The van der Waals surface area contributed by atoms with Crippen LogP contribution in [0.4, 0.5) is 0 Å². The number of sulfone groups is 1. The number of nitrogens with two attached hydrogens (primary N) is 1. The van der Waals surface area contributed by atoms with Crippen molar-refractivity contribution in [3.05, 3.63) is 0 Å². The van der Waals surface area contributed by atoms with Gasteiger partial charge in [0, 0.05) is 18.1 Å². The van der Waals surface area contributed by atoms with Crippen LogP contribution in [-0.2, 0) is 9.84 Å². The van der Waals surface area contributed by atoms with Crippen molar-refractivity contribution >= 4 is 9.84 Å². The molecule has 1 aliphatic carbocycles. The fraction of sp³-hybridized carbons (Fsp3) is 1.00. The molecule has 0 bridgehead atoms. The minimum Gasteiger partial charge on any atom is -0.394 e. The quantitative estimate of drug-likeness (QED) is 0.760. The highest BCUT2D eigenvalue weighted by Crippen LogP contribution is 2.36. The summed E-state index contributed by atoms with van der Waals surface area (Å²) < 4.78 is 23.1. The number of aliphatic hydroxyl groups excluding tert-OH is 1. The molecule has 0 spiro atoms. The maximum atomic E-state index is 11.5. The summed E-state index contributed by atoms with van der Waals surface area (Å²) in [6, 6.07) is 0.0986. The molecule has 3 unspecified atom stereocenters. The first-order valence-corrected chi connectivity index (χ1v) is 9.03. The van der Waals surface area contributed by atoms with E-state index in [1.54, 1.807) is 0 Å². The van der Waals surface area contributed by atoms with Crippen LogP contribution < -0.4 is 5.73 Å². The fourth-order valence-corrected chi connectivity index (χ4v) is 5.12. The van der Waals surface area contributed by atoms with Gasteiger partial charge in [0.15, 0.2) is 9.84 Å². The summed E-state index contributed by atoms with van der Waals surface area (Å²) in [6.45, 7) is 3.56. The summed E-state index contributed by atoms with van der Waals surface area (Å²) in [5, 5.41) is 9.44. The lowest BCUT2D eigenvalue weighted by molar-refractivity contribution is 0.137. The monoisotopic (exact) mass is 290 g/mol. The molecule has 5 nitrogen and oxygen atoms in total. The highest BCUT2D eigenvalue weighted by molar-refractivity contribution is 7.91. The molecule has 3 atom stereocenters. The van der Waals surface area contributed by atoms with Crippen molar-refractivity contribution in [2.24, 2.45) is 11.7 Å². The van der Waals surface area contributed by atoms with Crippen LogP contribution in [0, 0.1) is 5.92 Å². The van der Waals surface area contributed by atoms with E-state index in [1.807, 2.05) is 6.92 Å². The highest BCUT2D eigenvalue weighted by Gasteiger charge is 2.39. The molecule has 1 aliphatic heterocycles. The van der Waals surface area contributed by atoms with E-state index in [2.05, 4.69) is 4.90 Å². The zero-order chi connectivity index (χ0) is 14.1. The van der Waals surface area contributed by atoms with Gasteiger partial charge in [0.25, 0.3) is 0 Å². The molecule has 0 radical (unpaired) electrons. The Labute approximate surface area is 116 Å². The summed E-state index contributed by atoms with van der Waals surface area (Å²) in [5.41, 5.74) is 5.82. The van der Waals surface area contributed by atoms with Crippen LogP contribution in [0.2, 0.25) is 0 Å². The third-order valence-electron chi connectivity index (χ3n) is 4.88. The fourth-order valence-electron chi connectivity index (χ4n) is 3.50. The Morgan fingerprint density at radius 3 is 2.84 bits per heavy atom. The van der Waals surface area contributed by atoms with E-state index in [0.29, 0.717) is 12.5 Å². The Kier molecular flexibility index (Phi) is 4.55. The molecular formula is C13H26N2O3S. The minimum absolute atomic E-state index is 0.0571. The second-order valence-corrected chi connectivity index (χ2v) is 8.50. The molecule has 2 fully saturated rings. The minimum atomic E-state index is -2.84. The molecule has 0 aromatic carbocycles. The van der Waals surface area contributed by atoms with Gasteiger partial charge >= 0.3 is 0 Å². The van der Waals surface area contributed by atoms with Gasteiger partial charge in [-0.2, -0.15) is 0 Å². The van der Waals surface area contributed by atoms with Gasteiger partial charge < -0.3 is 10.8 Å². The van der Waals surface area contributed by atoms with Gasteiger partial charge in [-0.25, -0.2) is 8.42 Å². The molecule has 112 valence electrons. The molecule has 19 heavy (non-hydrogen) atoms. The van der Waals surface area contributed by atoms with Crippen molar-refractivity contribution in [3.8, 4) is 0 Å². The number of rotatable bonds is 4. The van der Waals surface area contributed by atoms with Gasteiger partial charge in [-0.1, -0.05) is 6.42 Å². The Morgan fingerprint density at radius 1 is 1.47 bits per heavy atom. The second-order valence-electron chi connectivity index (χ2n) is 6.27. The van der Waals surface area contributed by atoms with E-state index in [0.717, 1.165) is 32.2 Å². The molecule has 2 rings (SSSR count). The van der Waals surface area contributed by atoms with E-state index < -0.39 is 15.4 Å². The lowest BCUT2D eigenvalue weighted by atomic mass is 9.86. The maximum absolute atomic E-state index is 11.5. The topological polar surface area (TPSA) is 83.6 Å². The van der Waals surface area contributed by atoms with Crippen LogP contribution in [0.3, 0.4) is 0 Å². The van der Waals surface area contributed by atoms with E-state index >= 15 is 0 Å². The molecule has 0 aromatic rings. The van der Waals surface area contributed by atoms with Gasteiger partial charge in [0.2, 0.25) is 0 Å². The Bertz CT molecular complexity index is 412. The molecule has 6 heteroatoms. The summed E-state index contributed by atoms with van der Waals surface area (Å²) in [6.07, 6.45) is 4.03. The van der Waals surface area contributed by atoms with Crippen molar-refractivity contribution in [2.75, 3.05) is 31.2 Å². The standard InChI is InChI=1S/C13H26N2O3S/c1-11-9-19(17,18)8-7-15(11)6-4-12-3-2-5-13(12,14)10-16/h11-12,16H,2-10,14H2,1H3. The van der Waals surface area contributed by atoms with Gasteiger partial charge in [0.05, 0.1) is 18.1 Å². The van der Waals surface area contributed by atoms with Crippen molar-refractivity contribution in [2.45, 2.75) is 44.2 Å². The molecule has 2 aliphatic rings. The van der Waals surface area contributed by atoms with Gasteiger partial charge in [-0.05, 0) is 38.6 Å². The highest BCUT2D eigenvalue weighted by atomic mass is 32.2. The lowest BCUT2D eigenvalue weighted by Gasteiger charge is -2.36. The normalized spacial score (nSPS) is 39.5. The van der Waals surface area contributed by atoms with Crippen molar-refractivity contribution in [1.82, 2.24) is 4.90 Å². The third-order valence-corrected chi connectivity index (χ3v) is 6.67. The number of aliphatic hydroxyl groups is 1. The SMILES string of the molecule is CC1CS(=O)(=O)CCN1CCC1CCCC1(N)CO. The average molecular weight is 290 g/mol. The van der Waals surface area contributed by atoms with Crippen molar-refractivity contribution < 1.29 is 13.5 Å². The Morgan fingerprint density at radius 2 is 2.21 bits per heavy atom. The number of nitrogens with zero attached hydrogens (tertiary/aromatic N) is 1. The predicted octanol–water partition coefficient (Wildman–Crippen LogP) is -0.0147. The van der Waals surface area contributed by atoms with Crippen molar-refractivity contribution in [3.63, 3.8) is 0 Å². The smallest absolute Gasteiger partial charge is 0.153 e. The Balaban J connectivity index is 1.86. The molecule has 1 saturated carbocycles. The van der Waals surface area contributed by atoms with E-state index in [4.69, 9.17) is 5.73 Å². The average Bonchev–Trinajstić information content (AvgIpc) is 2.70. The van der Waals surface area contributed by atoms with E-state index in [1.165, 1.54) is 0 Å². The first-order valence-electron chi connectivity index (χ1n) is 7.20. The van der Waals surface area contributed by atoms with Gasteiger partial charge in [-0.3, -0.25) is 4.90 Å². The second kappa shape index (κ2) is 5.68. The number of hydrogen-bond donors (Lipinski definition) is 2. The third kappa shape index (κ3) is 3.48. The van der Waals surface area contributed by atoms with E-state index in [9.17, 15) is 13.5 Å². The van der Waals surface area contributed by atoms with Crippen molar-refractivity contribution in [1.29, 1.82) is 0 Å². The van der Waals surface area contributed by atoms with Crippen LogP contribution in [0.1, 0.15) is 32.6 Å². The van der Waals surface area contributed by atoms with E-state index in [-0.39, 0.29) is 24.2 Å². The molecule has 3 N–H and O–H groups in total. The van der Waals surface area contributed by atoms with Crippen LogP contribution in [0.5, 0.6) is 0 Å². The molecule has 1 heterocycles. The first kappa shape index (κ1) is 15.2. The summed E-state index contributed by atoms with van der Waals surface area (Å²) in [5.74, 6) is 0.907. The van der Waals surface area contributed by atoms with Gasteiger partial charge in [0.1, 0.15) is 0 Å². The largest absolute Gasteiger partial charge is 0.394 e. The summed E-state index contributed by atoms with van der Waals surface area (Å²) in [7, 11) is -2.84. The molecule has 0 amide bonds. The van der Waals surface area contributed by atoms with Crippen LogP contribution in [0.15, 0.2) is 0 Å². The maximum Gasteiger partial charge on any atom is 0.153 e. The molecule has 1 saturated heterocycles. The predicted molar refractivity (Wildman–Crippen MR) is 75.7 cm³/mol. The van der Waals surface area contributed by atoms with Gasteiger partial charge in [-0.15, -0.1) is 0 Å². The van der Waals surface area contributed by atoms with Crippen LogP contribution in [0.25, 0.3) is 0 Å². The summed E-state index contributed by atoms with van der Waals surface area (Å²) >= 11 is 0.